The van der Waals surface area contributed by atoms with Crippen LogP contribution in [0.5, 0.6) is 0 Å². The van der Waals surface area contributed by atoms with Crippen LogP contribution in [0.4, 0.5) is 4.79 Å². The van der Waals surface area contributed by atoms with Gasteiger partial charge in [-0.2, -0.15) is 0 Å². The molecule has 0 saturated carbocycles. The maximum atomic E-state index is 12.3. The van der Waals surface area contributed by atoms with Gasteiger partial charge in [0.2, 0.25) is 0 Å². The fraction of sp³-hybridized carbons (Fsp3) is 0.867. The smallest absolute Gasteiger partial charge is 0.326 e. The molecule has 6 nitrogen and oxygen atoms in total. The van der Waals surface area contributed by atoms with E-state index in [1.54, 1.807) is 0 Å². The Hall–Kier alpha value is -1.30. The molecular formula is C15H27N3O3. The molecule has 0 aromatic heterocycles. The molecule has 120 valence electrons. The Morgan fingerprint density at radius 1 is 1.14 bits per heavy atom. The average Bonchev–Trinajstić information content (AvgIpc) is 2.48. The summed E-state index contributed by atoms with van der Waals surface area (Å²) in [6, 6.07) is -0.848. The molecule has 0 aromatic carbocycles. The SMILES string of the molecule is CC(CN1CCCCC1)NC(=O)N1CCCCC1C(=O)O. The van der Waals surface area contributed by atoms with Crippen LogP contribution in [0.2, 0.25) is 0 Å². The Bertz CT molecular complexity index is 369. The highest BCUT2D eigenvalue weighted by Crippen LogP contribution is 2.17. The first-order valence-corrected chi connectivity index (χ1v) is 8.10. The number of hydrogen-bond donors (Lipinski definition) is 2. The van der Waals surface area contributed by atoms with Gasteiger partial charge >= 0.3 is 12.0 Å². The highest BCUT2D eigenvalue weighted by atomic mass is 16.4. The minimum Gasteiger partial charge on any atom is -0.480 e. The topological polar surface area (TPSA) is 72.9 Å². The van der Waals surface area contributed by atoms with Crippen LogP contribution < -0.4 is 5.32 Å². The van der Waals surface area contributed by atoms with Crippen molar-refractivity contribution in [3.8, 4) is 0 Å². The molecule has 2 unspecified atom stereocenters. The van der Waals surface area contributed by atoms with Gasteiger partial charge in [-0.05, 0) is 52.1 Å². The van der Waals surface area contributed by atoms with Crippen molar-refractivity contribution in [2.24, 2.45) is 0 Å². The largest absolute Gasteiger partial charge is 0.480 e. The molecule has 0 bridgehead atoms. The number of piperidine rings is 2. The number of amides is 2. The van der Waals surface area contributed by atoms with E-state index >= 15 is 0 Å². The average molecular weight is 297 g/mol. The van der Waals surface area contributed by atoms with Crippen LogP contribution >= 0.6 is 0 Å². The normalized spacial score (nSPS) is 25.4. The lowest BCUT2D eigenvalue weighted by molar-refractivity contribution is -0.143. The van der Waals surface area contributed by atoms with Gasteiger partial charge in [0.1, 0.15) is 6.04 Å². The number of nitrogens with one attached hydrogen (secondary N) is 1. The zero-order valence-corrected chi connectivity index (χ0v) is 12.9. The van der Waals surface area contributed by atoms with E-state index in [1.165, 1.54) is 24.2 Å². The zero-order valence-electron chi connectivity index (χ0n) is 12.9. The summed E-state index contributed by atoms with van der Waals surface area (Å²) in [5, 5.41) is 12.2. The van der Waals surface area contributed by atoms with Gasteiger partial charge in [0.05, 0.1) is 0 Å². The molecule has 2 aliphatic rings. The van der Waals surface area contributed by atoms with E-state index in [4.69, 9.17) is 0 Å². The van der Waals surface area contributed by atoms with Gasteiger partial charge in [0.15, 0.2) is 0 Å². The Labute approximate surface area is 126 Å². The Morgan fingerprint density at radius 2 is 1.81 bits per heavy atom. The Kier molecular flexibility index (Phi) is 5.85. The summed E-state index contributed by atoms with van der Waals surface area (Å²) in [4.78, 5) is 27.4. The van der Waals surface area contributed by atoms with Gasteiger partial charge in [0.25, 0.3) is 0 Å². The van der Waals surface area contributed by atoms with Crippen LogP contribution in [0, 0.1) is 0 Å². The molecular weight excluding hydrogens is 270 g/mol. The van der Waals surface area contributed by atoms with Crippen molar-refractivity contribution in [3.05, 3.63) is 0 Å². The molecule has 2 heterocycles. The lowest BCUT2D eigenvalue weighted by Crippen LogP contribution is -2.55. The lowest BCUT2D eigenvalue weighted by Gasteiger charge is -2.35. The zero-order chi connectivity index (χ0) is 15.2. The molecule has 2 aliphatic heterocycles. The standard InChI is InChI=1S/C15H27N3O3/c1-12(11-17-8-4-2-5-9-17)16-15(21)18-10-6-3-7-13(18)14(19)20/h12-13H,2-11H2,1H3,(H,16,21)(H,19,20). The fourth-order valence-corrected chi connectivity index (χ4v) is 3.30. The third-order valence-corrected chi connectivity index (χ3v) is 4.40. The van der Waals surface area contributed by atoms with E-state index in [9.17, 15) is 14.7 Å². The molecule has 0 radical (unpaired) electrons. The number of rotatable bonds is 4. The van der Waals surface area contributed by atoms with E-state index in [0.717, 1.165) is 32.5 Å². The van der Waals surface area contributed by atoms with Crippen molar-refractivity contribution in [1.82, 2.24) is 15.1 Å². The summed E-state index contributed by atoms with van der Waals surface area (Å²) >= 11 is 0. The summed E-state index contributed by atoms with van der Waals surface area (Å²) in [5.74, 6) is -0.895. The monoisotopic (exact) mass is 297 g/mol. The third-order valence-electron chi connectivity index (χ3n) is 4.40. The molecule has 6 heteroatoms. The van der Waals surface area contributed by atoms with Crippen molar-refractivity contribution in [3.63, 3.8) is 0 Å². The molecule has 21 heavy (non-hydrogen) atoms. The number of hydrogen-bond acceptors (Lipinski definition) is 3. The maximum Gasteiger partial charge on any atom is 0.326 e. The van der Waals surface area contributed by atoms with Gasteiger partial charge < -0.3 is 20.2 Å². The lowest BCUT2D eigenvalue weighted by atomic mass is 10.0. The van der Waals surface area contributed by atoms with Crippen molar-refractivity contribution in [2.75, 3.05) is 26.2 Å². The number of likely N-dealkylation sites (tertiary alicyclic amines) is 2. The number of carbonyl (C=O) groups is 2. The van der Waals surface area contributed by atoms with E-state index in [-0.39, 0.29) is 12.1 Å². The molecule has 0 aromatic rings. The molecule has 0 aliphatic carbocycles. The number of carbonyl (C=O) groups excluding carboxylic acids is 1. The van der Waals surface area contributed by atoms with Crippen LogP contribution in [0.25, 0.3) is 0 Å². The third kappa shape index (κ3) is 4.59. The van der Waals surface area contributed by atoms with E-state index in [2.05, 4.69) is 10.2 Å². The van der Waals surface area contributed by atoms with Crippen LogP contribution in [-0.4, -0.2) is 65.2 Å². The van der Waals surface area contributed by atoms with Crippen LogP contribution in [0.1, 0.15) is 45.4 Å². The first kappa shape index (κ1) is 16.1. The number of carboxylic acids is 1. The number of urea groups is 1. The van der Waals surface area contributed by atoms with E-state index in [0.29, 0.717) is 13.0 Å². The van der Waals surface area contributed by atoms with Gasteiger partial charge in [-0.15, -0.1) is 0 Å². The van der Waals surface area contributed by atoms with Crippen molar-refractivity contribution < 1.29 is 14.7 Å². The van der Waals surface area contributed by atoms with Crippen molar-refractivity contribution in [1.29, 1.82) is 0 Å². The van der Waals surface area contributed by atoms with Crippen molar-refractivity contribution >= 4 is 12.0 Å². The van der Waals surface area contributed by atoms with Crippen LogP contribution in [-0.2, 0) is 4.79 Å². The van der Waals surface area contributed by atoms with Gasteiger partial charge in [-0.3, -0.25) is 0 Å². The van der Waals surface area contributed by atoms with Gasteiger partial charge in [-0.1, -0.05) is 6.42 Å². The van der Waals surface area contributed by atoms with Gasteiger partial charge in [0, 0.05) is 19.1 Å². The second-order valence-electron chi connectivity index (χ2n) is 6.26. The minimum absolute atomic E-state index is 0.0481. The quantitative estimate of drug-likeness (QED) is 0.825. The summed E-state index contributed by atoms with van der Waals surface area (Å²) in [6.07, 6.45) is 6.08. The number of aliphatic carboxylic acids is 1. The summed E-state index contributed by atoms with van der Waals surface area (Å²) in [6.45, 7) is 5.58. The number of nitrogens with zero attached hydrogens (tertiary/aromatic N) is 2. The first-order valence-electron chi connectivity index (χ1n) is 8.10. The van der Waals surface area contributed by atoms with Crippen molar-refractivity contribution in [2.45, 2.75) is 57.5 Å². The predicted molar refractivity (Wildman–Crippen MR) is 80.3 cm³/mol. The van der Waals surface area contributed by atoms with E-state index in [1.807, 2.05) is 6.92 Å². The maximum absolute atomic E-state index is 12.3. The summed E-state index contributed by atoms with van der Waals surface area (Å²) in [5.41, 5.74) is 0. The molecule has 0 spiro atoms. The van der Waals surface area contributed by atoms with Crippen LogP contribution in [0.3, 0.4) is 0 Å². The highest BCUT2D eigenvalue weighted by Gasteiger charge is 2.32. The Balaban J connectivity index is 1.82. The predicted octanol–water partition coefficient (Wildman–Crippen LogP) is 1.51. The molecule has 2 saturated heterocycles. The van der Waals surface area contributed by atoms with Gasteiger partial charge in [-0.25, -0.2) is 9.59 Å². The second-order valence-corrected chi connectivity index (χ2v) is 6.26. The highest BCUT2D eigenvalue weighted by molar-refractivity contribution is 5.83. The summed E-state index contributed by atoms with van der Waals surface area (Å²) in [7, 11) is 0. The molecule has 2 fully saturated rings. The number of carboxylic acid groups (broad SMARTS) is 1. The molecule has 2 N–H and O–H groups in total. The van der Waals surface area contributed by atoms with Crippen LogP contribution in [0.15, 0.2) is 0 Å². The fourth-order valence-electron chi connectivity index (χ4n) is 3.30. The van der Waals surface area contributed by atoms with E-state index < -0.39 is 12.0 Å². The molecule has 2 atom stereocenters. The first-order chi connectivity index (χ1) is 10.1. The Morgan fingerprint density at radius 3 is 2.48 bits per heavy atom. The summed E-state index contributed by atoms with van der Waals surface area (Å²) < 4.78 is 0. The second kappa shape index (κ2) is 7.64. The molecule has 2 amide bonds. The minimum atomic E-state index is -0.895. The molecule has 2 rings (SSSR count).